The van der Waals surface area contributed by atoms with Gasteiger partial charge in [-0.1, -0.05) is 30.3 Å². The number of methoxy groups -OCH3 is 1. The number of aliphatic hydroxyl groups is 1. The van der Waals surface area contributed by atoms with E-state index in [1.54, 1.807) is 21.0 Å². The molecule has 0 saturated carbocycles. The Bertz CT molecular complexity index is 351. The van der Waals surface area contributed by atoms with Crippen LogP contribution in [-0.2, 0) is 4.74 Å². The Morgan fingerprint density at radius 1 is 1.32 bits per heavy atom. The van der Waals surface area contributed by atoms with Crippen molar-refractivity contribution in [2.24, 2.45) is 0 Å². The van der Waals surface area contributed by atoms with Crippen LogP contribution in [0.1, 0.15) is 31.9 Å². The van der Waals surface area contributed by atoms with E-state index in [2.05, 4.69) is 30.1 Å². The van der Waals surface area contributed by atoms with Gasteiger partial charge < -0.3 is 15.2 Å². The molecule has 2 atom stereocenters. The predicted octanol–water partition coefficient (Wildman–Crippen LogP) is 2.42. The van der Waals surface area contributed by atoms with Gasteiger partial charge in [0.2, 0.25) is 0 Å². The van der Waals surface area contributed by atoms with Crippen LogP contribution in [0.15, 0.2) is 30.3 Å². The minimum absolute atomic E-state index is 0.0426. The van der Waals surface area contributed by atoms with E-state index < -0.39 is 5.60 Å². The van der Waals surface area contributed by atoms with Crippen LogP contribution in [0.5, 0.6) is 0 Å². The first-order valence-corrected chi connectivity index (χ1v) is 7.14. The number of thiol groups is 1. The van der Waals surface area contributed by atoms with Gasteiger partial charge in [-0.25, -0.2) is 0 Å². The molecule has 19 heavy (non-hydrogen) atoms. The van der Waals surface area contributed by atoms with E-state index >= 15 is 0 Å². The fraction of sp³-hybridized carbons (Fsp3) is 0.600. The Kier molecular flexibility index (Phi) is 6.86. The molecular weight excluding hydrogens is 258 g/mol. The second-order valence-corrected chi connectivity index (χ2v) is 5.95. The summed E-state index contributed by atoms with van der Waals surface area (Å²) in [4.78, 5) is 0. The number of nitrogens with one attached hydrogen (secondary N) is 1. The SMILES string of the molecule is COC[C@@H](NCCC(S)C(C)(C)O)c1ccccc1. The molecule has 0 saturated heterocycles. The highest BCUT2D eigenvalue weighted by Crippen LogP contribution is 2.18. The second-order valence-electron chi connectivity index (χ2n) is 5.33. The van der Waals surface area contributed by atoms with Crippen molar-refractivity contribution >= 4 is 12.6 Å². The molecule has 1 unspecified atom stereocenters. The van der Waals surface area contributed by atoms with Gasteiger partial charge in [-0.15, -0.1) is 0 Å². The van der Waals surface area contributed by atoms with E-state index in [1.807, 2.05) is 18.2 Å². The lowest BCUT2D eigenvalue weighted by Gasteiger charge is -2.26. The van der Waals surface area contributed by atoms with Gasteiger partial charge in [0.05, 0.1) is 18.2 Å². The molecule has 0 radical (unpaired) electrons. The normalized spacial score (nSPS) is 15.2. The molecule has 2 N–H and O–H groups in total. The van der Waals surface area contributed by atoms with E-state index in [4.69, 9.17) is 4.74 Å². The van der Waals surface area contributed by atoms with Gasteiger partial charge in [0.25, 0.3) is 0 Å². The van der Waals surface area contributed by atoms with Crippen molar-refractivity contribution in [1.82, 2.24) is 5.32 Å². The van der Waals surface area contributed by atoms with E-state index in [0.717, 1.165) is 13.0 Å². The monoisotopic (exact) mass is 283 g/mol. The molecule has 0 spiro atoms. The second kappa shape index (κ2) is 7.90. The van der Waals surface area contributed by atoms with Crippen molar-refractivity contribution in [2.45, 2.75) is 37.2 Å². The first kappa shape index (κ1) is 16.5. The van der Waals surface area contributed by atoms with Crippen molar-refractivity contribution in [1.29, 1.82) is 0 Å². The molecule has 0 heterocycles. The average molecular weight is 283 g/mol. The molecule has 1 aromatic carbocycles. The van der Waals surface area contributed by atoms with Crippen LogP contribution in [0.3, 0.4) is 0 Å². The highest BCUT2D eigenvalue weighted by Gasteiger charge is 2.23. The minimum Gasteiger partial charge on any atom is -0.389 e. The molecule has 1 rings (SSSR count). The summed E-state index contributed by atoms with van der Waals surface area (Å²) in [6, 6.07) is 10.4. The lowest BCUT2D eigenvalue weighted by atomic mass is 10.0. The molecule has 0 aliphatic carbocycles. The summed E-state index contributed by atoms with van der Waals surface area (Å²) >= 11 is 4.43. The molecule has 0 amide bonds. The highest BCUT2D eigenvalue weighted by atomic mass is 32.1. The molecule has 0 aromatic heterocycles. The Hall–Kier alpha value is -0.550. The third-order valence-corrected chi connectivity index (χ3v) is 4.05. The average Bonchev–Trinajstić information content (AvgIpc) is 2.37. The van der Waals surface area contributed by atoms with Crippen LogP contribution in [0.2, 0.25) is 0 Å². The summed E-state index contributed by atoms with van der Waals surface area (Å²) in [5.74, 6) is 0. The minimum atomic E-state index is -0.756. The first-order valence-electron chi connectivity index (χ1n) is 6.63. The van der Waals surface area contributed by atoms with E-state index in [0.29, 0.717) is 6.61 Å². The van der Waals surface area contributed by atoms with Crippen molar-refractivity contribution in [3.05, 3.63) is 35.9 Å². The molecule has 0 bridgehead atoms. The van der Waals surface area contributed by atoms with Crippen LogP contribution < -0.4 is 5.32 Å². The zero-order valence-corrected chi connectivity index (χ0v) is 12.9. The Balaban J connectivity index is 2.47. The Morgan fingerprint density at radius 3 is 2.47 bits per heavy atom. The van der Waals surface area contributed by atoms with Crippen molar-refractivity contribution in [3.8, 4) is 0 Å². The zero-order chi connectivity index (χ0) is 14.3. The largest absolute Gasteiger partial charge is 0.389 e. The smallest absolute Gasteiger partial charge is 0.0707 e. The Morgan fingerprint density at radius 2 is 1.95 bits per heavy atom. The van der Waals surface area contributed by atoms with Crippen LogP contribution in [0, 0.1) is 0 Å². The van der Waals surface area contributed by atoms with Crippen molar-refractivity contribution in [3.63, 3.8) is 0 Å². The third kappa shape index (κ3) is 5.95. The van der Waals surface area contributed by atoms with Crippen LogP contribution >= 0.6 is 12.6 Å². The summed E-state index contributed by atoms with van der Waals surface area (Å²) in [5.41, 5.74) is 0.456. The predicted molar refractivity (Wildman–Crippen MR) is 82.8 cm³/mol. The Labute approximate surface area is 121 Å². The topological polar surface area (TPSA) is 41.5 Å². The molecule has 108 valence electrons. The van der Waals surface area contributed by atoms with Crippen LogP contribution in [-0.4, -0.2) is 36.2 Å². The van der Waals surface area contributed by atoms with Crippen LogP contribution in [0.4, 0.5) is 0 Å². The zero-order valence-electron chi connectivity index (χ0n) is 12.0. The van der Waals surface area contributed by atoms with Gasteiger partial charge in [-0.05, 0) is 32.4 Å². The molecule has 0 aliphatic rings. The van der Waals surface area contributed by atoms with Crippen molar-refractivity contribution in [2.75, 3.05) is 20.3 Å². The quantitative estimate of drug-likeness (QED) is 0.642. The fourth-order valence-electron chi connectivity index (χ4n) is 1.87. The maximum atomic E-state index is 9.84. The van der Waals surface area contributed by atoms with Gasteiger partial charge in [0, 0.05) is 12.4 Å². The lowest BCUT2D eigenvalue weighted by Crippen LogP contribution is -2.35. The maximum Gasteiger partial charge on any atom is 0.0707 e. The molecular formula is C15H25NO2S. The summed E-state index contributed by atoms with van der Waals surface area (Å²) < 4.78 is 5.25. The molecule has 0 fully saturated rings. The third-order valence-electron chi connectivity index (χ3n) is 3.16. The standard InChI is InChI=1S/C15H25NO2S/c1-15(2,17)14(19)9-10-16-13(11-18-3)12-7-5-4-6-8-12/h4-8,13-14,16-17,19H,9-11H2,1-3H3/t13-,14?/m1/s1. The molecule has 3 nitrogen and oxygen atoms in total. The number of benzene rings is 1. The maximum absolute atomic E-state index is 9.84. The van der Waals surface area contributed by atoms with Crippen molar-refractivity contribution < 1.29 is 9.84 Å². The first-order chi connectivity index (χ1) is 8.95. The summed E-state index contributed by atoms with van der Waals surface area (Å²) in [6.45, 7) is 4.99. The number of hydrogen-bond acceptors (Lipinski definition) is 4. The molecule has 1 aromatic rings. The number of hydrogen-bond donors (Lipinski definition) is 3. The van der Waals surface area contributed by atoms with Gasteiger partial charge >= 0.3 is 0 Å². The molecule has 0 aliphatic heterocycles. The highest BCUT2D eigenvalue weighted by molar-refractivity contribution is 7.81. The number of rotatable bonds is 8. The van der Waals surface area contributed by atoms with E-state index in [-0.39, 0.29) is 11.3 Å². The van der Waals surface area contributed by atoms with Gasteiger partial charge in [-0.2, -0.15) is 12.6 Å². The van der Waals surface area contributed by atoms with E-state index in [9.17, 15) is 5.11 Å². The molecule has 4 heteroatoms. The summed E-state index contributed by atoms with van der Waals surface area (Å²) in [6.07, 6.45) is 0.805. The van der Waals surface area contributed by atoms with Crippen LogP contribution in [0.25, 0.3) is 0 Å². The van der Waals surface area contributed by atoms with E-state index in [1.165, 1.54) is 5.56 Å². The fourth-order valence-corrected chi connectivity index (χ4v) is 2.00. The van der Waals surface area contributed by atoms with Gasteiger partial charge in [0.15, 0.2) is 0 Å². The van der Waals surface area contributed by atoms with Gasteiger partial charge in [-0.3, -0.25) is 0 Å². The number of ether oxygens (including phenoxy) is 1. The lowest BCUT2D eigenvalue weighted by molar-refractivity contribution is 0.0752. The summed E-state index contributed by atoms with van der Waals surface area (Å²) in [5, 5.41) is 13.3. The van der Waals surface area contributed by atoms with Gasteiger partial charge in [0.1, 0.15) is 0 Å². The summed E-state index contributed by atoms with van der Waals surface area (Å²) in [7, 11) is 1.70.